The molecule has 1 atom stereocenters. The Bertz CT molecular complexity index is 1240. The van der Waals surface area contributed by atoms with Gasteiger partial charge in [-0.25, -0.2) is 15.0 Å². The molecule has 3 aromatic heterocycles. The Morgan fingerprint density at radius 1 is 1.11 bits per heavy atom. The Morgan fingerprint density at radius 2 is 1.83 bits per heavy atom. The van der Waals surface area contributed by atoms with E-state index in [1.54, 1.807) is 13.0 Å². The highest BCUT2D eigenvalue weighted by Crippen LogP contribution is 2.31. The fourth-order valence-electron chi connectivity index (χ4n) is 3.51. The molecule has 0 aromatic carbocycles. The van der Waals surface area contributed by atoms with E-state index in [9.17, 15) is 22.8 Å². The average molecular weight is 487 g/mol. The zero-order valence-corrected chi connectivity index (χ0v) is 18.4. The SMILES string of the molecule is CC(c1ncccn1)N(Cc1ccc(C(F)(F)F)cn1)C(=O)C(=O)Nc1cnc(N)c2c1COC2. The minimum absolute atomic E-state index is 0.144. The van der Waals surface area contributed by atoms with E-state index >= 15 is 0 Å². The summed E-state index contributed by atoms with van der Waals surface area (Å²) in [5, 5.41) is 2.53. The largest absolute Gasteiger partial charge is 0.417 e. The third kappa shape index (κ3) is 5.19. The van der Waals surface area contributed by atoms with E-state index in [0.29, 0.717) is 17.3 Å². The molecule has 3 N–H and O–H groups in total. The predicted molar refractivity (Wildman–Crippen MR) is 116 cm³/mol. The lowest BCUT2D eigenvalue weighted by atomic mass is 10.1. The molecule has 0 fully saturated rings. The van der Waals surface area contributed by atoms with Crippen LogP contribution in [0.1, 0.15) is 41.2 Å². The van der Waals surface area contributed by atoms with Gasteiger partial charge in [0.1, 0.15) is 11.6 Å². The minimum Gasteiger partial charge on any atom is -0.383 e. The number of ether oxygens (including phenoxy) is 1. The van der Waals surface area contributed by atoms with Crippen molar-refractivity contribution in [1.82, 2.24) is 24.8 Å². The molecule has 0 saturated carbocycles. The zero-order valence-electron chi connectivity index (χ0n) is 18.4. The monoisotopic (exact) mass is 487 g/mol. The van der Waals surface area contributed by atoms with Gasteiger partial charge in [-0.15, -0.1) is 0 Å². The molecule has 0 spiro atoms. The standard InChI is InChI=1S/C22H20F3N7O3/c1-12(19-27-5-2-6-28-19)32(9-14-4-3-13(7-29-14)22(23,24)25)21(34)20(33)31-17-8-30-18(26)16-11-35-10-15(16)17/h2-8,12H,9-11H2,1H3,(H2,26,30)(H,31,33). The fraction of sp³-hybridized carbons (Fsp3) is 0.273. The molecule has 1 unspecified atom stereocenters. The van der Waals surface area contributed by atoms with E-state index in [-0.39, 0.29) is 42.8 Å². The number of nitrogens with one attached hydrogen (secondary N) is 1. The number of carbonyl (C=O) groups excluding carboxylic acids is 2. The van der Waals surface area contributed by atoms with Crippen molar-refractivity contribution in [2.24, 2.45) is 0 Å². The van der Waals surface area contributed by atoms with Crippen molar-refractivity contribution in [3.63, 3.8) is 0 Å². The smallest absolute Gasteiger partial charge is 0.383 e. The maximum Gasteiger partial charge on any atom is 0.417 e. The Labute approximate surface area is 197 Å². The van der Waals surface area contributed by atoms with Crippen molar-refractivity contribution >= 4 is 23.3 Å². The Hall–Kier alpha value is -4.13. The van der Waals surface area contributed by atoms with Gasteiger partial charge in [-0.2, -0.15) is 13.2 Å². The van der Waals surface area contributed by atoms with Gasteiger partial charge in [-0.1, -0.05) is 0 Å². The Kier molecular flexibility index (Phi) is 6.60. The lowest BCUT2D eigenvalue weighted by molar-refractivity contribution is -0.145. The van der Waals surface area contributed by atoms with Crippen molar-refractivity contribution in [2.75, 3.05) is 11.1 Å². The predicted octanol–water partition coefficient (Wildman–Crippen LogP) is 2.63. The summed E-state index contributed by atoms with van der Waals surface area (Å²) in [6.07, 6.45) is 0.399. The van der Waals surface area contributed by atoms with E-state index in [2.05, 4.69) is 25.3 Å². The van der Waals surface area contributed by atoms with Gasteiger partial charge in [0, 0.05) is 29.7 Å². The van der Waals surface area contributed by atoms with Gasteiger partial charge in [-0.3, -0.25) is 14.6 Å². The van der Waals surface area contributed by atoms with Crippen LogP contribution >= 0.6 is 0 Å². The number of hydrogen-bond acceptors (Lipinski definition) is 8. The summed E-state index contributed by atoms with van der Waals surface area (Å²) in [6.45, 7) is 1.77. The number of anilines is 2. The maximum atomic E-state index is 13.2. The summed E-state index contributed by atoms with van der Waals surface area (Å²) in [5.74, 6) is -1.44. The van der Waals surface area contributed by atoms with E-state index in [1.165, 1.54) is 18.6 Å². The van der Waals surface area contributed by atoms with Crippen LogP contribution in [0.2, 0.25) is 0 Å². The van der Waals surface area contributed by atoms with Crippen molar-refractivity contribution < 1.29 is 27.5 Å². The Balaban J connectivity index is 1.60. The Morgan fingerprint density at radius 3 is 2.49 bits per heavy atom. The molecular weight excluding hydrogens is 467 g/mol. The highest BCUT2D eigenvalue weighted by Gasteiger charge is 2.32. The molecule has 13 heteroatoms. The van der Waals surface area contributed by atoms with Crippen molar-refractivity contribution in [2.45, 2.75) is 38.9 Å². The highest BCUT2D eigenvalue weighted by atomic mass is 19.4. The van der Waals surface area contributed by atoms with Gasteiger partial charge in [0.25, 0.3) is 0 Å². The quantitative estimate of drug-likeness (QED) is 0.524. The van der Waals surface area contributed by atoms with Gasteiger partial charge >= 0.3 is 18.0 Å². The number of pyridine rings is 2. The van der Waals surface area contributed by atoms with Gasteiger partial charge in [0.05, 0.1) is 48.9 Å². The molecule has 0 saturated heterocycles. The second-order valence-electron chi connectivity index (χ2n) is 7.71. The topological polar surface area (TPSA) is 136 Å². The number of halogens is 3. The number of alkyl halides is 3. The van der Waals surface area contributed by atoms with E-state index < -0.39 is 29.6 Å². The summed E-state index contributed by atoms with van der Waals surface area (Å²) in [5.41, 5.74) is 6.58. The third-order valence-electron chi connectivity index (χ3n) is 5.44. The number of fused-ring (bicyclic) bond motifs is 1. The average Bonchev–Trinajstić information content (AvgIpc) is 3.35. The number of carbonyl (C=O) groups is 2. The minimum atomic E-state index is -4.55. The van der Waals surface area contributed by atoms with Crippen LogP contribution in [0.15, 0.2) is 43.0 Å². The van der Waals surface area contributed by atoms with Crippen LogP contribution in [0.5, 0.6) is 0 Å². The summed E-state index contributed by atoms with van der Waals surface area (Å²) in [7, 11) is 0. The first-order chi connectivity index (χ1) is 16.6. The molecule has 0 aliphatic carbocycles. The normalized spacial score (nSPS) is 13.7. The molecule has 3 aromatic rings. The molecule has 10 nitrogen and oxygen atoms in total. The van der Waals surface area contributed by atoms with Crippen LogP contribution in [-0.2, 0) is 40.3 Å². The number of hydrogen-bond donors (Lipinski definition) is 2. The summed E-state index contributed by atoms with van der Waals surface area (Å²) < 4.78 is 44.1. The van der Waals surface area contributed by atoms with Crippen LogP contribution in [-0.4, -0.2) is 36.7 Å². The van der Waals surface area contributed by atoms with Gasteiger partial charge in [0.15, 0.2) is 0 Å². The molecule has 2 amide bonds. The first-order valence-electron chi connectivity index (χ1n) is 10.4. The number of nitrogen functional groups attached to an aromatic ring is 1. The number of nitrogens with two attached hydrogens (primary N) is 1. The van der Waals surface area contributed by atoms with E-state index in [4.69, 9.17) is 10.5 Å². The van der Waals surface area contributed by atoms with E-state index in [1.807, 2.05) is 0 Å². The van der Waals surface area contributed by atoms with Crippen molar-refractivity contribution in [3.05, 3.63) is 71.2 Å². The molecule has 0 radical (unpaired) electrons. The zero-order chi connectivity index (χ0) is 25.2. The number of amides is 2. The second kappa shape index (κ2) is 9.62. The number of rotatable bonds is 5. The fourth-order valence-corrected chi connectivity index (χ4v) is 3.51. The lowest BCUT2D eigenvalue weighted by Gasteiger charge is -2.27. The van der Waals surface area contributed by atoms with Crippen molar-refractivity contribution in [1.29, 1.82) is 0 Å². The first-order valence-corrected chi connectivity index (χ1v) is 10.4. The first kappa shape index (κ1) is 24.0. The third-order valence-corrected chi connectivity index (χ3v) is 5.44. The summed E-state index contributed by atoms with van der Waals surface area (Å²) in [4.78, 5) is 43.4. The number of nitrogens with zero attached hydrogens (tertiary/aromatic N) is 5. The number of aromatic nitrogens is 4. The maximum absolute atomic E-state index is 13.2. The molecular formula is C22H20F3N7O3. The molecule has 1 aliphatic heterocycles. The lowest BCUT2D eigenvalue weighted by Crippen LogP contribution is -2.41. The van der Waals surface area contributed by atoms with Crippen molar-refractivity contribution in [3.8, 4) is 0 Å². The van der Waals surface area contributed by atoms with Gasteiger partial charge < -0.3 is 20.7 Å². The molecule has 35 heavy (non-hydrogen) atoms. The van der Waals surface area contributed by atoms with Crippen LogP contribution in [0.25, 0.3) is 0 Å². The van der Waals surface area contributed by atoms with Crippen LogP contribution in [0.3, 0.4) is 0 Å². The molecule has 4 heterocycles. The highest BCUT2D eigenvalue weighted by molar-refractivity contribution is 6.39. The van der Waals surface area contributed by atoms with Gasteiger partial charge in [0.2, 0.25) is 0 Å². The van der Waals surface area contributed by atoms with Crippen LogP contribution in [0.4, 0.5) is 24.7 Å². The molecule has 1 aliphatic rings. The molecule has 4 rings (SSSR count). The van der Waals surface area contributed by atoms with Crippen LogP contribution in [0, 0.1) is 0 Å². The van der Waals surface area contributed by atoms with E-state index in [0.717, 1.165) is 17.0 Å². The van der Waals surface area contributed by atoms with Gasteiger partial charge in [-0.05, 0) is 25.1 Å². The second-order valence-corrected chi connectivity index (χ2v) is 7.71. The molecule has 182 valence electrons. The summed E-state index contributed by atoms with van der Waals surface area (Å²) >= 11 is 0. The van der Waals surface area contributed by atoms with Crippen LogP contribution < -0.4 is 11.1 Å². The summed E-state index contributed by atoms with van der Waals surface area (Å²) in [6, 6.07) is 2.80. The molecule has 0 bridgehead atoms.